The third kappa shape index (κ3) is 4.64. The number of rotatable bonds is 5. The number of aromatic nitrogens is 2. The molecule has 0 saturated heterocycles. The number of anilines is 1. The van der Waals surface area contributed by atoms with E-state index in [4.69, 9.17) is 4.74 Å². The summed E-state index contributed by atoms with van der Waals surface area (Å²) in [6.07, 6.45) is 2.17. The zero-order chi connectivity index (χ0) is 15.1. The monoisotopic (exact) mass is 288 g/mol. The first-order valence-corrected chi connectivity index (χ1v) is 6.37. The number of phenolic OH excluding ortho intramolecular Hbond substituents is 1. The summed E-state index contributed by atoms with van der Waals surface area (Å²) in [5, 5.41) is 14.5. The van der Waals surface area contributed by atoms with E-state index in [2.05, 4.69) is 20.6 Å². The molecule has 2 amide bonds. The van der Waals surface area contributed by atoms with Gasteiger partial charge in [0, 0.05) is 12.7 Å². The first-order valence-electron chi connectivity index (χ1n) is 6.37. The first-order chi connectivity index (χ1) is 10.2. The fourth-order valence-electron chi connectivity index (χ4n) is 1.65. The number of phenols is 1. The molecule has 1 aromatic heterocycles. The smallest absolute Gasteiger partial charge is 0.320 e. The second-order valence-corrected chi connectivity index (χ2v) is 4.23. The van der Waals surface area contributed by atoms with Crippen LogP contribution in [0.25, 0.3) is 0 Å². The number of nitrogens with one attached hydrogen (secondary N) is 2. The van der Waals surface area contributed by atoms with Crippen molar-refractivity contribution in [1.82, 2.24) is 15.3 Å². The van der Waals surface area contributed by atoms with Crippen molar-refractivity contribution >= 4 is 11.8 Å². The minimum absolute atomic E-state index is 0.192. The van der Waals surface area contributed by atoms with E-state index in [0.29, 0.717) is 18.8 Å². The predicted molar refractivity (Wildman–Crippen MR) is 77.4 cm³/mol. The van der Waals surface area contributed by atoms with Gasteiger partial charge in [-0.15, -0.1) is 0 Å². The number of carbonyl (C=O) groups is 1. The number of nitrogens with zero attached hydrogens (tertiary/aromatic N) is 2. The standard InChI is InChI=1S/C14H16N4O3/c1-21-14-16-9-7-12(18-14)17-13(20)15-8-6-10-2-4-11(19)5-3-10/h2-5,7,9,19H,6,8H2,1H3,(H2,15,16,17,18,20). The van der Waals surface area contributed by atoms with Crippen molar-refractivity contribution in [3.8, 4) is 11.8 Å². The van der Waals surface area contributed by atoms with Gasteiger partial charge in [0.15, 0.2) is 0 Å². The Bertz CT molecular complexity index is 601. The average molecular weight is 288 g/mol. The number of hydrogen-bond donors (Lipinski definition) is 3. The minimum atomic E-state index is -0.352. The molecule has 0 saturated carbocycles. The van der Waals surface area contributed by atoms with Crippen LogP contribution in [0.2, 0.25) is 0 Å². The molecule has 0 unspecified atom stereocenters. The fourth-order valence-corrected chi connectivity index (χ4v) is 1.65. The van der Waals surface area contributed by atoms with Crippen LogP contribution in [0.4, 0.5) is 10.6 Å². The molecule has 7 heteroatoms. The number of benzene rings is 1. The Hall–Kier alpha value is -2.83. The number of aromatic hydroxyl groups is 1. The van der Waals surface area contributed by atoms with E-state index in [9.17, 15) is 9.90 Å². The van der Waals surface area contributed by atoms with E-state index in [1.165, 1.54) is 13.3 Å². The first kappa shape index (κ1) is 14.6. The van der Waals surface area contributed by atoms with E-state index < -0.39 is 0 Å². The number of hydrogen-bond acceptors (Lipinski definition) is 5. The summed E-state index contributed by atoms with van der Waals surface area (Å²) >= 11 is 0. The van der Waals surface area contributed by atoms with Crippen molar-refractivity contribution in [2.24, 2.45) is 0 Å². The molecule has 0 spiro atoms. The van der Waals surface area contributed by atoms with Crippen molar-refractivity contribution in [2.75, 3.05) is 19.0 Å². The molecule has 21 heavy (non-hydrogen) atoms. The highest BCUT2D eigenvalue weighted by molar-refractivity contribution is 5.88. The summed E-state index contributed by atoms with van der Waals surface area (Å²) in [4.78, 5) is 19.5. The Balaban J connectivity index is 1.78. The zero-order valence-electron chi connectivity index (χ0n) is 11.5. The molecule has 0 bridgehead atoms. The maximum atomic E-state index is 11.7. The molecular weight excluding hydrogens is 272 g/mol. The SMILES string of the molecule is COc1nccc(NC(=O)NCCc2ccc(O)cc2)n1. The molecule has 3 N–H and O–H groups in total. The molecule has 110 valence electrons. The Morgan fingerprint density at radius 2 is 2.05 bits per heavy atom. The van der Waals surface area contributed by atoms with Crippen LogP contribution in [-0.4, -0.2) is 34.8 Å². The van der Waals surface area contributed by atoms with Gasteiger partial charge in [0.25, 0.3) is 0 Å². The second-order valence-electron chi connectivity index (χ2n) is 4.23. The summed E-state index contributed by atoms with van der Waals surface area (Å²) in [5.74, 6) is 0.589. The third-order valence-corrected chi connectivity index (χ3v) is 2.69. The molecule has 1 aromatic carbocycles. The Morgan fingerprint density at radius 3 is 2.76 bits per heavy atom. The van der Waals surface area contributed by atoms with Gasteiger partial charge in [-0.2, -0.15) is 4.98 Å². The lowest BCUT2D eigenvalue weighted by Gasteiger charge is -2.07. The summed E-state index contributed by atoms with van der Waals surface area (Å²) in [6.45, 7) is 0.471. The van der Waals surface area contributed by atoms with Gasteiger partial charge in [-0.05, 0) is 30.2 Å². The van der Waals surface area contributed by atoms with E-state index in [-0.39, 0.29) is 17.8 Å². The summed E-state index contributed by atoms with van der Waals surface area (Å²) in [6, 6.07) is 8.26. The number of carbonyl (C=O) groups excluding carboxylic acids is 1. The van der Waals surface area contributed by atoms with E-state index in [1.54, 1.807) is 18.2 Å². The topological polar surface area (TPSA) is 96.4 Å². The van der Waals surface area contributed by atoms with Crippen LogP contribution in [0.15, 0.2) is 36.5 Å². The van der Waals surface area contributed by atoms with Crippen molar-refractivity contribution in [3.63, 3.8) is 0 Å². The van der Waals surface area contributed by atoms with Gasteiger partial charge in [-0.3, -0.25) is 5.32 Å². The Morgan fingerprint density at radius 1 is 1.29 bits per heavy atom. The Labute approximate surface area is 122 Å². The van der Waals surface area contributed by atoms with Crippen molar-refractivity contribution in [1.29, 1.82) is 0 Å². The van der Waals surface area contributed by atoms with Crippen LogP contribution in [0, 0.1) is 0 Å². The minimum Gasteiger partial charge on any atom is -0.508 e. The molecule has 0 aliphatic rings. The largest absolute Gasteiger partial charge is 0.508 e. The normalized spacial score (nSPS) is 9.95. The van der Waals surface area contributed by atoms with Crippen LogP contribution < -0.4 is 15.4 Å². The molecule has 1 heterocycles. The second kappa shape index (κ2) is 7.09. The van der Waals surface area contributed by atoms with E-state index >= 15 is 0 Å². The molecule has 7 nitrogen and oxygen atoms in total. The highest BCUT2D eigenvalue weighted by Crippen LogP contribution is 2.09. The maximum absolute atomic E-state index is 11.7. The quantitative estimate of drug-likeness (QED) is 0.775. The molecule has 0 atom stereocenters. The maximum Gasteiger partial charge on any atom is 0.320 e. The molecular formula is C14H16N4O3. The van der Waals surface area contributed by atoms with Crippen LogP contribution in [0.3, 0.4) is 0 Å². The predicted octanol–water partition coefficient (Wildman–Crippen LogP) is 1.55. The molecule has 2 rings (SSSR count). The van der Waals surface area contributed by atoms with Crippen LogP contribution in [0.5, 0.6) is 11.8 Å². The molecule has 0 aliphatic heterocycles. The zero-order valence-corrected chi connectivity index (χ0v) is 11.5. The number of ether oxygens (including phenoxy) is 1. The van der Waals surface area contributed by atoms with E-state index in [0.717, 1.165) is 5.56 Å². The third-order valence-electron chi connectivity index (χ3n) is 2.69. The molecule has 0 aliphatic carbocycles. The van der Waals surface area contributed by atoms with Crippen LogP contribution in [0.1, 0.15) is 5.56 Å². The molecule has 0 fully saturated rings. The summed E-state index contributed by atoms with van der Waals surface area (Å²) < 4.78 is 4.87. The van der Waals surface area contributed by atoms with Crippen molar-refractivity contribution in [3.05, 3.63) is 42.1 Å². The van der Waals surface area contributed by atoms with Gasteiger partial charge in [0.1, 0.15) is 11.6 Å². The Kier molecular flexibility index (Phi) is 4.92. The number of urea groups is 1. The lowest BCUT2D eigenvalue weighted by atomic mass is 10.1. The highest BCUT2D eigenvalue weighted by atomic mass is 16.5. The summed E-state index contributed by atoms with van der Waals surface area (Å²) in [5.41, 5.74) is 1.02. The average Bonchev–Trinajstić information content (AvgIpc) is 2.49. The molecule has 0 radical (unpaired) electrons. The number of methoxy groups -OCH3 is 1. The van der Waals surface area contributed by atoms with Gasteiger partial charge < -0.3 is 15.2 Å². The van der Waals surface area contributed by atoms with Crippen LogP contribution in [-0.2, 0) is 6.42 Å². The lowest BCUT2D eigenvalue weighted by Crippen LogP contribution is -2.30. The van der Waals surface area contributed by atoms with Crippen LogP contribution >= 0.6 is 0 Å². The number of amides is 2. The fraction of sp³-hybridized carbons (Fsp3) is 0.214. The van der Waals surface area contributed by atoms with E-state index in [1.807, 2.05) is 12.1 Å². The lowest BCUT2D eigenvalue weighted by molar-refractivity contribution is 0.252. The molecule has 2 aromatic rings. The van der Waals surface area contributed by atoms with Gasteiger partial charge in [-0.1, -0.05) is 12.1 Å². The highest BCUT2D eigenvalue weighted by Gasteiger charge is 2.04. The summed E-state index contributed by atoms with van der Waals surface area (Å²) in [7, 11) is 1.46. The van der Waals surface area contributed by atoms with Gasteiger partial charge in [0.05, 0.1) is 7.11 Å². The van der Waals surface area contributed by atoms with Crippen molar-refractivity contribution < 1.29 is 14.6 Å². The van der Waals surface area contributed by atoms with Gasteiger partial charge in [-0.25, -0.2) is 9.78 Å². The van der Waals surface area contributed by atoms with Gasteiger partial charge in [0.2, 0.25) is 0 Å². The van der Waals surface area contributed by atoms with Crippen molar-refractivity contribution in [2.45, 2.75) is 6.42 Å². The van der Waals surface area contributed by atoms with Gasteiger partial charge >= 0.3 is 12.0 Å².